The van der Waals surface area contributed by atoms with E-state index in [1.54, 1.807) is 59.9 Å². The van der Waals surface area contributed by atoms with Gasteiger partial charge in [0.15, 0.2) is 0 Å². The number of hydrogen-bond acceptors (Lipinski definition) is 6. The van der Waals surface area contributed by atoms with E-state index in [9.17, 15) is 14.0 Å². The van der Waals surface area contributed by atoms with Gasteiger partial charge in [-0.1, -0.05) is 71.0 Å². The van der Waals surface area contributed by atoms with Crippen LogP contribution in [-0.2, 0) is 58.2 Å². The Bertz CT molecular complexity index is 1070. The molecule has 195 valence electrons. The molecule has 1 radical (unpaired) electrons. The van der Waals surface area contributed by atoms with Crippen molar-refractivity contribution >= 4 is 33.3 Å². The summed E-state index contributed by atoms with van der Waals surface area (Å²) < 4.78 is 24.1. The number of ether oxygens (including phenoxy) is 2. The number of carbonyl (C=O) groups is 2. The molecule has 4 nitrogen and oxygen atoms in total. The Morgan fingerprint density at radius 2 is 1.65 bits per heavy atom. The van der Waals surface area contributed by atoms with Gasteiger partial charge in [0.25, 0.3) is 0 Å². The number of benzene rings is 3. The Hall–Kier alpha value is -1.64. The second-order valence-electron chi connectivity index (χ2n) is 7.74. The van der Waals surface area contributed by atoms with Crippen LogP contribution in [0, 0.1) is 18.8 Å². The van der Waals surface area contributed by atoms with Crippen LogP contribution in [0.15, 0.2) is 72.8 Å². The largest absolute Gasteiger partial charge is 0.465 e. The van der Waals surface area contributed by atoms with Crippen LogP contribution in [0.3, 0.4) is 0 Å². The molecule has 3 rings (SSSR count). The summed E-state index contributed by atoms with van der Waals surface area (Å²) in [6.07, 6.45) is 0.330. The van der Waals surface area contributed by atoms with Crippen LogP contribution in [0.25, 0.3) is 11.1 Å². The van der Waals surface area contributed by atoms with Gasteiger partial charge in [-0.25, -0.2) is 4.39 Å². The number of carbonyl (C=O) groups excluding carboxylic acids is 2. The van der Waals surface area contributed by atoms with Crippen molar-refractivity contribution in [3.8, 4) is 11.1 Å². The first-order valence-electron chi connectivity index (χ1n) is 11.5. The van der Waals surface area contributed by atoms with Crippen molar-refractivity contribution in [2.24, 2.45) is 0 Å². The maximum atomic E-state index is 14.0. The van der Waals surface area contributed by atoms with Crippen LogP contribution in [0.5, 0.6) is 0 Å². The Balaban J connectivity index is 0.000000360. The normalized spacial score (nSPS) is 10.9. The average molecular weight is 616 g/mol. The molecule has 0 aliphatic rings. The minimum absolute atomic E-state index is 0. The average Bonchev–Trinajstić information content (AvgIpc) is 2.89. The van der Waals surface area contributed by atoms with Crippen molar-refractivity contribution in [2.75, 3.05) is 31.8 Å². The first kappa shape index (κ1) is 33.4. The van der Waals surface area contributed by atoms with Gasteiger partial charge in [-0.2, -0.15) is 30.3 Å². The van der Waals surface area contributed by atoms with Crippen molar-refractivity contribution in [3.63, 3.8) is 0 Å². The molecule has 37 heavy (non-hydrogen) atoms. The quantitative estimate of drug-likeness (QED) is 0.0992. The van der Waals surface area contributed by atoms with E-state index >= 15 is 0 Å². The van der Waals surface area contributed by atoms with Crippen LogP contribution in [0.2, 0.25) is 0 Å². The van der Waals surface area contributed by atoms with Gasteiger partial charge in [0.2, 0.25) is 0 Å². The van der Waals surface area contributed by atoms with Crippen LogP contribution in [-0.4, -0.2) is 43.6 Å². The van der Waals surface area contributed by atoms with Gasteiger partial charge in [-0.05, 0) is 17.2 Å². The van der Waals surface area contributed by atoms with Crippen LogP contribution < -0.4 is 0 Å². The number of esters is 1. The summed E-state index contributed by atoms with van der Waals surface area (Å²) in [4.78, 5) is 22.7. The molecule has 3 aromatic carbocycles. The number of Topliss-reactive ketones (excluding diaryl/α,β-unsaturated/α-hetero) is 1. The Morgan fingerprint density at radius 1 is 1.00 bits per heavy atom. The molecule has 0 aliphatic heterocycles. The van der Waals surface area contributed by atoms with Gasteiger partial charge in [0.1, 0.15) is 12.4 Å². The zero-order valence-electron chi connectivity index (χ0n) is 21.2. The topological polar surface area (TPSA) is 52.6 Å². The van der Waals surface area contributed by atoms with Gasteiger partial charge < -0.3 is 21.2 Å². The molecule has 0 spiro atoms. The summed E-state index contributed by atoms with van der Waals surface area (Å²) >= 11 is 0. The molecule has 0 amide bonds. The molecule has 0 fully saturated rings. The first-order valence-corrected chi connectivity index (χ1v) is 14.0. The zero-order chi connectivity index (χ0) is 26.2. The Morgan fingerprint density at radius 3 is 2.24 bits per heavy atom. The van der Waals surface area contributed by atoms with Gasteiger partial charge in [0, 0.05) is 75.0 Å². The van der Waals surface area contributed by atoms with Crippen molar-refractivity contribution in [3.05, 3.63) is 103 Å². The van der Waals surface area contributed by atoms with E-state index in [4.69, 9.17) is 9.47 Å². The molecule has 0 aliphatic carbocycles. The fraction of sp³-hybridized carbons (Fsp3) is 0.276. The molecular formula is C29H31FO4S2Y-2. The zero-order valence-corrected chi connectivity index (χ0v) is 25.6. The third-order valence-electron chi connectivity index (χ3n) is 5.08. The summed E-state index contributed by atoms with van der Waals surface area (Å²) in [7, 11) is 5.11. The molecule has 1 atom stereocenters. The number of hydrogen-bond donors (Lipinski definition) is 0. The summed E-state index contributed by atoms with van der Waals surface area (Å²) in [6.45, 7) is 6.31. The van der Waals surface area contributed by atoms with Gasteiger partial charge in [-0.3, -0.25) is 4.79 Å². The Kier molecular flexibility index (Phi) is 17.5. The van der Waals surface area contributed by atoms with E-state index < -0.39 is 0 Å². The van der Waals surface area contributed by atoms with E-state index in [0.717, 1.165) is 29.2 Å². The summed E-state index contributed by atoms with van der Waals surface area (Å²) in [6, 6.07) is 24.5. The number of methoxy groups -OCH3 is 1. The van der Waals surface area contributed by atoms with Crippen molar-refractivity contribution in [1.82, 2.24) is 0 Å². The fourth-order valence-electron chi connectivity index (χ4n) is 3.02. The molecule has 8 heteroatoms. The monoisotopic (exact) mass is 615 g/mol. The third-order valence-corrected chi connectivity index (χ3v) is 7.41. The van der Waals surface area contributed by atoms with Crippen molar-refractivity contribution < 1.29 is 56.2 Å². The molecule has 0 bridgehead atoms. The van der Waals surface area contributed by atoms with Gasteiger partial charge in [0.05, 0.1) is 6.61 Å². The van der Waals surface area contributed by atoms with E-state index in [0.29, 0.717) is 24.2 Å². The van der Waals surface area contributed by atoms with Crippen LogP contribution in [0.4, 0.5) is 4.39 Å². The minimum atomic E-state index is -0.371. The summed E-state index contributed by atoms with van der Waals surface area (Å²) in [5.41, 5.74) is 2.99. The molecule has 1 unspecified atom stereocenters. The molecular weight excluding hydrogens is 584 g/mol. The van der Waals surface area contributed by atoms with E-state index in [1.807, 2.05) is 42.5 Å². The van der Waals surface area contributed by atoms with E-state index in [-0.39, 0.29) is 56.2 Å². The second-order valence-corrected chi connectivity index (χ2v) is 10.4. The predicted octanol–water partition coefficient (Wildman–Crippen LogP) is 6.60. The predicted molar refractivity (Wildman–Crippen MR) is 147 cm³/mol. The van der Waals surface area contributed by atoms with Crippen molar-refractivity contribution in [1.29, 1.82) is 0 Å². The van der Waals surface area contributed by atoms with Crippen LogP contribution in [0.1, 0.15) is 24.0 Å². The van der Waals surface area contributed by atoms with Gasteiger partial charge in [-0.15, -0.1) is 5.56 Å². The smallest absolute Gasteiger partial charge is 0.308 e. The molecule has 0 saturated carbocycles. The van der Waals surface area contributed by atoms with Gasteiger partial charge >= 0.3 is 5.97 Å². The molecule has 0 aromatic heterocycles. The van der Waals surface area contributed by atoms with Crippen LogP contribution >= 0.6 is 21.6 Å². The first-order chi connectivity index (χ1) is 17.4. The minimum Gasteiger partial charge on any atom is -0.465 e. The molecule has 0 saturated heterocycles. The maximum absolute atomic E-state index is 14.0. The molecule has 0 heterocycles. The summed E-state index contributed by atoms with van der Waals surface area (Å²) in [5.74, 6) is 0.694. The van der Waals surface area contributed by atoms with Crippen molar-refractivity contribution in [2.45, 2.75) is 19.3 Å². The number of halogens is 1. The number of rotatable bonds is 12. The second kappa shape index (κ2) is 19.4. The maximum Gasteiger partial charge on any atom is 0.308 e. The summed E-state index contributed by atoms with van der Waals surface area (Å²) in [5, 5.41) is 0. The molecule has 3 aromatic rings. The molecule has 0 N–H and O–H groups in total. The van der Waals surface area contributed by atoms with E-state index in [2.05, 4.69) is 13.0 Å². The number of ketones is 1. The fourth-order valence-corrected chi connectivity index (χ4v) is 4.76. The SMILES string of the molecule is COCCSSCCOC(=O)Cc1cc[c-]cc1.[CH2-]C(=O)C(C)c1ccc(-c2ccccc2)c(F)c1.[Y]. The third kappa shape index (κ3) is 13.1. The van der Waals surface area contributed by atoms with E-state index in [1.165, 1.54) is 6.07 Å². The standard InChI is InChI=1S/C16H14FO.C13H17O3S2.Y/c1-11(12(2)18)14-8-9-15(16(17)10-14)13-6-4-3-5-7-13;1-15-7-9-17-18-10-8-16-13(14)11-12-5-3-2-4-6-12;/h3-11H,2H2,1H3;3-6H,7-11H2,1H3;/q2*-1;. The Labute approximate surface area is 252 Å².